The fourth-order valence-electron chi connectivity index (χ4n) is 1.94. The largest absolute Gasteiger partial charge is 0.449 e. The third-order valence-electron chi connectivity index (χ3n) is 2.98. The minimum absolute atomic E-state index is 0.704. The van der Waals surface area contributed by atoms with E-state index in [1.54, 1.807) is 6.26 Å². The number of hydrogen-bond donors (Lipinski definition) is 1. The van der Waals surface area contributed by atoms with Crippen LogP contribution in [0.25, 0.3) is 0 Å². The first-order valence-electron chi connectivity index (χ1n) is 6.32. The SMILES string of the molecule is NCCCc1coc(CCN2CCOCC2)n1. The maximum Gasteiger partial charge on any atom is 0.195 e. The van der Waals surface area contributed by atoms with Crippen molar-refractivity contribution in [3.8, 4) is 0 Å². The van der Waals surface area contributed by atoms with Crippen molar-refractivity contribution in [2.24, 2.45) is 5.73 Å². The number of ether oxygens (including phenoxy) is 1. The Hall–Kier alpha value is -0.910. The molecule has 0 atom stereocenters. The van der Waals surface area contributed by atoms with E-state index in [-0.39, 0.29) is 0 Å². The molecular weight excluding hydrogens is 218 g/mol. The average molecular weight is 239 g/mol. The van der Waals surface area contributed by atoms with Gasteiger partial charge in [-0.1, -0.05) is 0 Å². The predicted octanol–water partition coefficient (Wildman–Crippen LogP) is 0.441. The third kappa shape index (κ3) is 4.11. The Bertz CT molecular complexity index is 321. The molecule has 1 fully saturated rings. The van der Waals surface area contributed by atoms with E-state index in [1.165, 1.54) is 0 Å². The lowest BCUT2D eigenvalue weighted by Crippen LogP contribution is -2.37. The van der Waals surface area contributed by atoms with Gasteiger partial charge in [-0.15, -0.1) is 0 Å². The number of hydrogen-bond acceptors (Lipinski definition) is 5. The van der Waals surface area contributed by atoms with Crippen LogP contribution in [0.2, 0.25) is 0 Å². The number of nitrogens with zero attached hydrogens (tertiary/aromatic N) is 2. The molecule has 0 aromatic carbocycles. The van der Waals surface area contributed by atoms with Gasteiger partial charge in [0.2, 0.25) is 0 Å². The standard InChI is InChI=1S/C12H21N3O2/c13-4-1-2-11-10-17-12(14-11)3-5-15-6-8-16-9-7-15/h10H,1-9,13H2. The number of aryl methyl sites for hydroxylation is 1. The van der Waals surface area contributed by atoms with Crippen molar-refractivity contribution < 1.29 is 9.15 Å². The molecule has 2 N–H and O–H groups in total. The van der Waals surface area contributed by atoms with Crippen LogP contribution in [0.15, 0.2) is 10.7 Å². The van der Waals surface area contributed by atoms with Gasteiger partial charge in [0.15, 0.2) is 5.89 Å². The lowest BCUT2D eigenvalue weighted by Gasteiger charge is -2.25. The Morgan fingerprint density at radius 3 is 2.88 bits per heavy atom. The van der Waals surface area contributed by atoms with Crippen molar-refractivity contribution in [1.29, 1.82) is 0 Å². The van der Waals surface area contributed by atoms with Crippen molar-refractivity contribution >= 4 is 0 Å². The van der Waals surface area contributed by atoms with E-state index in [9.17, 15) is 0 Å². The molecule has 17 heavy (non-hydrogen) atoms. The third-order valence-corrected chi connectivity index (χ3v) is 2.98. The maximum atomic E-state index is 5.46. The van der Waals surface area contributed by atoms with Gasteiger partial charge in [-0.25, -0.2) is 4.98 Å². The van der Waals surface area contributed by atoms with E-state index in [0.29, 0.717) is 6.54 Å². The van der Waals surface area contributed by atoms with Crippen LogP contribution < -0.4 is 5.73 Å². The highest BCUT2D eigenvalue weighted by Gasteiger charge is 2.11. The van der Waals surface area contributed by atoms with E-state index in [2.05, 4.69) is 9.88 Å². The van der Waals surface area contributed by atoms with Crippen LogP contribution in [0.3, 0.4) is 0 Å². The molecule has 0 spiro atoms. The van der Waals surface area contributed by atoms with Gasteiger partial charge in [0.05, 0.1) is 18.9 Å². The van der Waals surface area contributed by atoms with E-state index in [1.807, 2.05) is 0 Å². The van der Waals surface area contributed by atoms with Crippen LogP contribution in [0.1, 0.15) is 18.0 Å². The molecule has 2 rings (SSSR count). The second kappa shape index (κ2) is 6.74. The van der Waals surface area contributed by atoms with Gasteiger partial charge in [-0.05, 0) is 19.4 Å². The van der Waals surface area contributed by atoms with Crippen molar-refractivity contribution in [3.05, 3.63) is 17.8 Å². The second-order valence-electron chi connectivity index (χ2n) is 4.33. The van der Waals surface area contributed by atoms with Crippen molar-refractivity contribution in [2.45, 2.75) is 19.3 Å². The summed E-state index contributed by atoms with van der Waals surface area (Å²) in [6.07, 6.45) is 4.51. The zero-order valence-corrected chi connectivity index (χ0v) is 10.2. The minimum Gasteiger partial charge on any atom is -0.449 e. The molecule has 0 radical (unpaired) electrons. The first kappa shape index (κ1) is 12.5. The van der Waals surface area contributed by atoms with Crippen LogP contribution in [-0.4, -0.2) is 49.3 Å². The fourth-order valence-corrected chi connectivity index (χ4v) is 1.94. The molecule has 0 bridgehead atoms. The minimum atomic E-state index is 0.704. The Morgan fingerprint density at radius 2 is 2.12 bits per heavy atom. The van der Waals surface area contributed by atoms with Gasteiger partial charge in [-0.2, -0.15) is 0 Å². The van der Waals surface area contributed by atoms with Gasteiger partial charge in [0, 0.05) is 26.1 Å². The zero-order chi connectivity index (χ0) is 11.9. The highest BCUT2D eigenvalue weighted by molar-refractivity contribution is 4.97. The summed E-state index contributed by atoms with van der Waals surface area (Å²) in [6.45, 7) is 5.41. The van der Waals surface area contributed by atoms with Gasteiger partial charge in [0.1, 0.15) is 6.26 Å². The predicted molar refractivity (Wildman–Crippen MR) is 64.8 cm³/mol. The number of nitrogens with two attached hydrogens (primary N) is 1. The summed E-state index contributed by atoms with van der Waals surface area (Å²) in [7, 11) is 0. The quantitative estimate of drug-likeness (QED) is 0.780. The van der Waals surface area contributed by atoms with Gasteiger partial charge < -0.3 is 14.9 Å². The van der Waals surface area contributed by atoms with Gasteiger partial charge in [0.25, 0.3) is 0 Å². The summed E-state index contributed by atoms with van der Waals surface area (Å²) in [4.78, 5) is 6.83. The van der Waals surface area contributed by atoms with Crippen molar-refractivity contribution in [3.63, 3.8) is 0 Å². The Labute approximate surface area is 102 Å². The van der Waals surface area contributed by atoms with E-state index < -0.39 is 0 Å². The molecular formula is C12H21N3O2. The molecule has 5 heteroatoms. The van der Waals surface area contributed by atoms with Crippen molar-refractivity contribution in [2.75, 3.05) is 39.4 Å². The summed E-state index contributed by atoms with van der Waals surface area (Å²) >= 11 is 0. The summed E-state index contributed by atoms with van der Waals surface area (Å²) in [5.74, 6) is 0.837. The highest BCUT2D eigenvalue weighted by Crippen LogP contribution is 2.06. The molecule has 1 aliphatic heterocycles. The molecule has 0 unspecified atom stereocenters. The number of morpholine rings is 1. The van der Waals surface area contributed by atoms with Crippen LogP contribution in [0, 0.1) is 0 Å². The smallest absolute Gasteiger partial charge is 0.195 e. The molecule has 0 saturated carbocycles. The first-order valence-corrected chi connectivity index (χ1v) is 6.32. The molecule has 5 nitrogen and oxygen atoms in total. The average Bonchev–Trinajstić information content (AvgIpc) is 2.83. The van der Waals surface area contributed by atoms with Crippen LogP contribution in [-0.2, 0) is 17.6 Å². The van der Waals surface area contributed by atoms with Crippen LogP contribution in [0.5, 0.6) is 0 Å². The molecule has 0 aliphatic carbocycles. The summed E-state index contributed by atoms with van der Waals surface area (Å²) in [5.41, 5.74) is 6.48. The second-order valence-corrected chi connectivity index (χ2v) is 4.33. The fraction of sp³-hybridized carbons (Fsp3) is 0.750. The number of rotatable bonds is 6. The summed E-state index contributed by atoms with van der Waals surface area (Å²) in [6, 6.07) is 0. The van der Waals surface area contributed by atoms with E-state index >= 15 is 0 Å². The topological polar surface area (TPSA) is 64.5 Å². The van der Waals surface area contributed by atoms with Crippen LogP contribution in [0.4, 0.5) is 0 Å². The number of oxazole rings is 1. The lowest BCUT2D eigenvalue weighted by molar-refractivity contribution is 0.0377. The lowest BCUT2D eigenvalue weighted by atomic mass is 10.2. The molecule has 1 aliphatic rings. The molecule has 2 heterocycles. The molecule has 1 saturated heterocycles. The highest BCUT2D eigenvalue weighted by atomic mass is 16.5. The van der Waals surface area contributed by atoms with E-state index in [4.69, 9.17) is 14.9 Å². The van der Waals surface area contributed by atoms with E-state index in [0.717, 1.165) is 63.7 Å². The van der Waals surface area contributed by atoms with Gasteiger partial charge in [-0.3, -0.25) is 4.90 Å². The maximum absolute atomic E-state index is 5.46. The first-order chi connectivity index (χ1) is 8.38. The van der Waals surface area contributed by atoms with Crippen LogP contribution >= 0.6 is 0 Å². The molecule has 96 valence electrons. The normalized spacial score (nSPS) is 17.5. The Balaban J connectivity index is 1.72. The monoisotopic (exact) mass is 239 g/mol. The Morgan fingerprint density at radius 1 is 1.29 bits per heavy atom. The summed E-state index contributed by atoms with van der Waals surface area (Å²) < 4.78 is 10.8. The Kier molecular flexibility index (Phi) is 4.97. The van der Waals surface area contributed by atoms with Gasteiger partial charge >= 0.3 is 0 Å². The number of aromatic nitrogens is 1. The van der Waals surface area contributed by atoms with Crippen molar-refractivity contribution in [1.82, 2.24) is 9.88 Å². The molecule has 1 aromatic rings. The molecule has 1 aromatic heterocycles. The summed E-state index contributed by atoms with van der Waals surface area (Å²) in [5, 5.41) is 0. The molecule has 0 amide bonds. The zero-order valence-electron chi connectivity index (χ0n) is 10.2.